The van der Waals surface area contributed by atoms with Gasteiger partial charge in [-0.05, 0) is 43.3 Å². The highest BCUT2D eigenvalue weighted by Crippen LogP contribution is 2.35. The van der Waals surface area contributed by atoms with Gasteiger partial charge in [-0.15, -0.1) is 0 Å². The predicted molar refractivity (Wildman–Crippen MR) is 111 cm³/mol. The van der Waals surface area contributed by atoms with Crippen molar-refractivity contribution in [3.05, 3.63) is 59.9 Å². The van der Waals surface area contributed by atoms with Crippen LogP contribution in [0, 0.1) is 6.92 Å². The van der Waals surface area contributed by atoms with E-state index in [-0.39, 0.29) is 5.91 Å². The smallest absolute Gasteiger partial charge is 0.251 e. The number of carbonyl (C=O) groups excluding carboxylic acids is 1. The summed E-state index contributed by atoms with van der Waals surface area (Å²) in [6.07, 6.45) is 1.83. The lowest BCUT2D eigenvalue weighted by Crippen LogP contribution is -2.17. The second kappa shape index (κ2) is 7.32. The van der Waals surface area contributed by atoms with Gasteiger partial charge in [-0.3, -0.25) is 9.20 Å². The zero-order valence-corrected chi connectivity index (χ0v) is 16.5. The number of rotatable bonds is 5. The Morgan fingerprint density at radius 3 is 2.68 bits per heavy atom. The molecule has 0 aliphatic heterocycles. The molecule has 142 valence electrons. The third kappa shape index (κ3) is 3.18. The fraction of sp³-hybridized carbons (Fsp3) is 0.150. The molecule has 1 amide bonds. The standard InChI is InChI=1S/C20H19N5O2S/c1-12-18(25-16(23-12)5-4-6-17(25)27-3)15-11-22-20(28-15)24-14-9-7-13(8-10-14)19(26)21-2/h4-11H,1-3H3,(H,21,26)(H,22,24). The molecule has 0 fully saturated rings. The number of hydrogen-bond acceptors (Lipinski definition) is 6. The number of hydrogen-bond donors (Lipinski definition) is 2. The van der Waals surface area contributed by atoms with Crippen LogP contribution in [0.1, 0.15) is 16.1 Å². The zero-order chi connectivity index (χ0) is 19.7. The van der Waals surface area contributed by atoms with E-state index in [0.29, 0.717) is 5.56 Å². The molecule has 0 spiro atoms. The highest BCUT2D eigenvalue weighted by molar-refractivity contribution is 7.18. The Hall–Kier alpha value is -3.39. The van der Waals surface area contributed by atoms with Crippen LogP contribution in [-0.4, -0.2) is 34.4 Å². The van der Waals surface area contributed by atoms with E-state index in [1.54, 1.807) is 26.3 Å². The van der Waals surface area contributed by atoms with Crippen LogP contribution in [-0.2, 0) is 0 Å². The molecule has 0 atom stereocenters. The van der Waals surface area contributed by atoms with E-state index in [1.165, 1.54) is 11.3 Å². The summed E-state index contributed by atoms with van der Waals surface area (Å²) in [4.78, 5) is 21.8. The molecule has 0 bridgehead atoms. The summed E-state index contributed by atoms with van der Waals surface area (Å²) >= 11 is 1.53. The third-order valence-electron chi connectivity index (χ3n) is 4.36. The van der Waals surface area contributed by atoms with Gasteiger partial charge in [0.2, 0.25) is 0 Å². The Morgan fingerprint density at radius 2 is 1.96 bits per heavy atom. The highest BCUT2D eigenvalue weighted by atomic mass is 32.1. The lowest BCUT2D eigenvalue weighted by molar-refractivity contribution is 0.0963. The molecule has 0 saturated carbocycles. The normalized spacial score (nSPS) is 10.8. The molecule has 7 nitrogen and oxygen atoms in total. The van der Waals surface area contributed by atoms with E-state index in [1.807, 2.05) is 47.9 Å². The second-order valence-corrected chi connectivity index (χ2v) is 7.15. The van der Waals surface area contributed by atoms with Gasteiger partial charge in [0.05, 0.1) is 23.4 Å². The number of benzene rings is 1. The first kappa shape index (κ1) is 18.0. The first-order chi connectivity index (χ1) is 13.6. The number of imidazole rings is 1. The number of aryl methyl sites for hydroxylation is 1. The average Bonchev–Trinajstić information content (AvgIpc) is 3.30. The number of ether oxygens (including phenoxy) is 1. The van der Waals surface area contributed by atoms with Crippen LogP contribution in [0.5, 0.6) is 5.88 Å². The Morgan fingerprint density at radius 1 is 1.18 bits per heavy atom. The van der Waals surface area contributed by atoms with Gasteiger partial charge in [0, 0.05) is 24.5 Å². The number of carbonyl (C=O) groups is 1. The fourth-order valence-corrected chi connectivity index (χ4v) is 3.96. The molecule has 0 radical (unpaired) electrons. The molecule has 0 saturated heterocycles. The Labute approximate surface area is 166 Å². The number of methoxy groups -OCH3 is 1. The summed E-state index contributed by atoms with van der Waals surface area (Å²) in [7, 11) is 3.26. The maximum atomic E-state index is 11.6. The largest absolute Gasteiger partial charge is 0.482 e. The van der Waals surface area contributed by atoms with Crippen molar-refractivity contribution in [3.63, 3.8) is 0 Å². The van der Waals surface area contributed by atoms with Crippen molar-refractivity contribution in [2.75, 3.05) is 19.5 Å². The van der Waals surface area contributed by atoms with Crippen molar-refractivity contribution in [1.29, 1.82) is 0 Å². The Bertz CT molecular complexity index is 1150. The molecule has 3 aromatic heterocycles. The maximum absolute atomic E-state index is 11.6. The van der Waals surface area contributed by atoms with Crippen molar-refractivity contribution in [2.45, 2.75) is 6.92 Å². The van der Waals surface area contributed by atoms with Crippen LogP contribution in [0.4, 0.5) is 10.8 Å². The number of nitrogens with zero attached hydrogens (tertiary/aromatic N) is 3. The number of nitrogens with one attached hydrogen (secondary N) is 2. The van der Waals surface area contributed by atoms with E-state index in [0.717, 1.165) is 38.6 Å². The van der Waals surface area contributed by atoms with Gasteiger partial charge < -0.3 is 15.4 Å². The van der Waals surface area contributed by atoms with Gasteiger partial charge in [-0.2, -0.15) is 0 Å². The number of thiazole rings is 1. The quantitative estimate of drug-likeness (QED) is 0.538. The van der Waals surface area contributed by atoms with E-state index < -0.39 is 0 Å². The number of aromatic nitrogens is 3. The van der Waals surface area contributed by atoms with Crippen LogP contribution in [0.3, 0.4) is 0 Å². The van der Waals surface area contributed by atoms with Crippen molar-refractivity contribution < 1.29 is 9.53 Å². The Kier molecular flexibility index (Phi) is 4.70. The van der Waals surface area contributed by atoms with E-state index in [2.05, 4.69) is 20.6 Å². The lowest BCUT2D eigenvalue weighted by Gasteiger charge is -2.06. The molecule has 4 rings (SSSR count). The van der Waals surface area contributed by atoms with Crippen LogP contribution < -0.4 is 15.4 Å². The van der Waals surface area contributed by atoms with Crippen LogP contribution in [0.2, 0.25) is 0 Å². The molecule has 3 heterocycles. The van der Waals surface area contributed by atoms with Gasteiger partial charge in [-0.1, -0.05) is 17.4 Å². The average molecular weight is 393 g/mol. The fourth-order valence-electron chi connectivity index (χ4n) is 3.04. The molecular formula is C20H19N5O2S. The minimum Gasteiger partial charge on any atom is -0.482 e. The van der Waals surface area contributed by atoms with Crippen LogP contribution >= 0.6 is 11.3 Å². The van der Waals surface area contributed by atoms with Crippen molar-refractivity contribution >= 4 is 33.7 Å². The van der Waals surface area contributed by atoms with Crippen molar-refractivity contribution in [2.24, 2.45) is 0 Å². The summed E-state index contributed by atoms with van der Waals surface area (Å²) in [6, 6.07) is 13.0. The summed E-state index contributed by atoms with van der Waals surface area (Å²) in [6.45, 7) is 1.98. The molecule has 1 aromatic carbocycles. The first-order valence-electron chi connectivity index (χ1n) is 8.68. The maximum Gasteiger partial charge on any atom is 0.251 e. The van der Waals surface area contributed by atoms with Crippen molar-refractivity contribution in [3.8, 4) is 16.5 Å². The van der Waals surface area contributed by atoms with Gasteiger partial charge >= 0.3 is 0 Å². The van der Waals surface area contributed by atoms with Crippen molar-refractivity contribution in [1.82, 2.24) is 19.7 Å². The van der Waals surface area contributed by atoms with Crippen LogP contribution in [0.15, 0.2) is 48.7 Å². The van der Waals surface area contributed by atoms with Gasteiger partial charge in [-0.25, -0.2) is 9.97 Å². The molecule has 0 unspecified atom stereocenters. The second-order valence-electron chi connectivity index (χ2n) is 6.12. The third-order valence-corrected chi connectivity index (χ3v) is 5.28. The zero-order valence-electron chi connectivity index (χ0n) is 15.7. The molecule has 4 aromatic rings. The molecule has 8 heteroatoms. The minimum absolute atomic E-state index is 0.111. The Balaban J connectivity index is 1.64. The van der Waals surface area contributed by atoms with Gasteiger partial charge in [0.15, 0.2) is 11.0 Å². The molecule has 0 aliphatic rings. The van der Waals surface area contributed by atoms with E-state index in [4.69, 9.17) is 4.74 Å². The van der Waals surface area contributed by atoms with E-state index >= 15 is 0 Å². The van der Waals surface area contributed by atoms with Crippen LogP contribution in [0.25, 0.3) is 16.2 Å². The highest BCUT2D eigenvalue weighted by Gasteiger charge is 2.17. The summed E-state index contributed by atoms with van der Waals surface area (Å²) in [5.74, 6) is 0.612. The number of amides is 1. The number of anilines is 2. The first-order valence-corrected chi connectivity index (χ1v) is 9.50. The van der Waals surface area contributed by atoms with Gasteiger partial charge in [0.25, 0.3) is 5.91 Å². The number of pyridine rings is 1. The summed E-state index contributed by atoms with van der Waals surface area (Å²) in [5.41, 5.74) is 4.18. The molecule has 0 aliphatic carbocycles. The molecule has 2 N–H and O–H groups in total. The molecule has 28 heavy (non-hydrogen) atoms. The topological polar surface area (TPSA) is 80.5 Å². The van der Waals surface area contributed by atoms with E-state index in [9.17, 15) is 4.79 Å². The summed E-state index contributed by atoms with van der Waals surface area (Å²) < 4.78 is 7.49. The minimum atomic E-state index is -0.111. The summed E-state index contributed by atoms with van der Waals surface area (Å²) in [5, 5.41) is 6.65. The van der Waals surface area contributed by atoms with Gasteiger partial charge in [0.1, 0.15) is 5.65 Å². The monoisotopic (exact) mass is 393 g/mol. The predicted octanol–water partition coefficient (Wildman–Crippen LogP) is 3.88. The molecular weight excluding hydrogens is 374 g/mol. The lowest BCUT2D eigenvalue weighted by atomic mass is 10.2. The SMILES string of the molecule is CNC(=O)c1ccc(Nc2ncc(-c3c(C)nc4cccc(OC)n34)s2)cc1. The number of fused-ring (bicyclic) bond motifs is 1.